The highest BCUT2D eigenvalue weighted by molar-refractivity contribution is 7.10. The van der Waals surface area contributed by atoms with E-state index in [1.165, 1.54) is 0 Å². The second kappa shape index (κ2) is 7.04. The van der Waals surface area contributed by atoms with Crippen molar-refractivity contribution >= 4 is 17.2 Å². The molecular formula is C12H15NO2S. The van der Waals surface area contributed by atoms with Gasteiger partial charge in [-0.2, -0.15) is 0 Å². The van der Waals surface area contributed by atoms with E-state index in [2.05, 4.69) is 17.2 Å². The molecule has 0 aliphatic heterocycles. The van der Waals surface area contributed by atoms with Crippen LogP contribution in [0.2, 0.25) is 0 Å². The lowest BCUT2D eigenvalue weighted by Gasteiger charge is -1.99. The molecule has 0 aliphatic carbocycles. The Balaban J connectivity index is 2.46. The average molecular weight is 237 g/mol. The molecule has 1 amide bonds. The quantitative estimate of drug-likeness (QED) is 0.780. The van der Waals surface area contributed by atoms with E-state index in [0.29, 0.717) is 19.4 Å². The predicted octanol–water partition coefficient (Wildman–Crippen LogP) is 1.51. The minimum absolute atomic E-state index is 0.0568. The molecule has 16 heavy (non-hydrogen) atoms. The first-order valence-corrected chi connectivity index (χ1v) is 6.08. The smallest absolute Gasteiger partial charge is 0.220 e. The van der Waals surface area contributed by atoms with E-state index >= 15 is 0 Å². The second-order valence-corrected chi connectivity index (χ2v) is 4.20. The summed E-state index contributed by atoms with van der Waals surface area (Å²) in [5, 5.41) is 13.3. The van der Waals surface area contributed by atoms with E-state index in [1.54, 1.807) is 11.3 Å². The highest BCUT2D eigenvalue weighted by atomic mass is 32.1. The Bertz CT molecular complexity index is 401. The highest BCUT2D eigenvalue weighted by Crippen LogP contribution is 2.13. The molecule has 1 aromatic rings. The molecule has 0 saturated carbocycles. The number of hydrogen-bond acceptors (Lipinski definition) is 3. The Labute approximate surface area is 99.5 Å². The third-order valence-electron chi connectivity index (χ3n) is 1.90. The number of carbonyl (C=O) groups is 1. The van der Waals surface area contributed by atoms with Crippen LogP contribution in [0.4, 0.5) is 0 Å². The van der Waals surface area contributed by atoms with E-state index in [-0.39, 0.29) is 12.5 Å². The van der Waals surface area contributed by atoms with Crippen LogP contribution in [0.25, 0.3) is 0 Å². The largest absolute Gasteiger partial charge is 0.395 e. The van der Waals surface area contributed by atoms with Crippen LogP contribution in [-0.4, -0.2) is 17.6 Å². The Morgan fingerprint density at radius 3 is 3.12 bits per heavy atom. The summed E-state index contributed by atoms with van der Waals surface area (Å²) in [5.41, 5.74) is 0.944. The van der Waals surface area contributed by atoms with Crippen molar-refractivity contribution < 1.29 is 9.90 Å². The summed E-state index contributed by atoms with van der Waals surface area (Å²) in [7, 11) is 0. The fourth-order valence-corrected chi connectivity index (χ4v) is 1.83. The average Bonchev–Trinajstić information content (AvgIpc) is 2.74. The lowest BCUT2D eigenvalue weighted by atomic mass is 10.3. The minimum atomic E-state index is 0.0568. The second-order valence-electron chi connectivity index (χ2n) is 3.21. The number of aliphatic hydroxyl groups is 1. The van der Waals surface area contributed by atoms with Crippen molar-refractivity contribution in [3.63, 3.8) is 0 Å². The van der Waals surface area contributed by atoms with Gasteiger partial charge in [-0.05, 0) is 6.07 Å². The first-order valence-electron chi connectivity index (χ1n) is 5.20. The molecule has 0 spiro atoms. The number of amides is 1. The number of nitrogens with one attached hydrogen (secondary N) is 1. The van der Waals surface area contributed by atoms with Gasteiger partial charge >= 0.3 is 0 Å². The molecule has 1 aromatic heterocycles. The van der Waals surface area contributed by atoms with Gasteiger partial charge in [0.05, 0.1) is 13.2 Å². The van der Waals surface area contributed by atoms with Crippen LogP contribution in [0.1, 0.15) is 30.2 Å². The van der Waals surface area contributed by atoms with E-state index in [0.717, 1.165) is 10.4 Å². The summed E-state index contributed by atoms with van der Waals surface area (Å²) in [6.07, 6.45) is 1.01. The van der Waals surface area contributed by atoms with Gasteiger partial charge in [-0.3, -0.25) is 4.79 Å². The van der Waals surface area contributed by atoms with Gasteiger partial charge in [-0.25, -0.2) is 0 Å². The molecule has 0 aromatic carbocycles. The Kier molecular flexibility index (Phi) is 5.62. The van der Waals surface area contributed by atoms with E-state index < -0.39 is 0 Å². The zero-order valence-electron chi connectivity index (χ0n) is 9.25. The van der Waals surface area contributed by atoms with E-state index in [4.69, 9.17) is 5.11 Å². The molecule has 1 rings (SSSR count). The molecule has 0 radical (unpaired) electrons. The molecule has 86 valence electrons. The molecule has 1 heterocycles. The maximum Gasteiger partial charge on any atom is 0.220 e. The van der Waals surface area contributed by atoms with Crippen LogP contribution >= 0.6 is 11.3 Å². The lowest BCUT2D eigenvalue weighted by molar-refractivity contribution is -0.120. The van der Waals surface area contributed by atoms with Crippen molar-refractivity contribution in [1.29, 1.82) is 0 Å². The third kappa shape index (κ3) is 4.47. The van der Waals surface area contributed by atoms with E-state index in [1.807, 2.05) is 18.4 Å². The monoisotopic (exact) mass is 237 g/mol. The van der Waals surface area contributed by atoms with Gasteiger partial charge < -0.3 is 10.4 Å². The zero-order chi connectivity index (χ0) is 11.8. The molecule has 3 nitrogen and oxygen atoms in total. The Morgan fingerprint density at radius 1 is 1.62 bits per heavy atom. The fraction of sp³-hybridized carbons (Fsp3) is 0.417. The summed E-state index contributed by atoms with van der Waals surface area (Å²) in [6, 6.07) is 1.96. The minimum Gasteiger partial charge on any atom is -0.395 e. The normalized spacial score (nSPS) is 9.38. The predicted molar refractivity (Wildman–Crippen MR) is 65.0 cm³/mol. The number of rotatable bonds is 4. The standard InChI is InChI=1S/C12H15NO2S/c1-2-12(15)13-8-11-7-10(9-16-11)5-3-4-6-14/h7,9,14H,2,4,6,8H2,1H3,(H,13,15). The Morgan fingerprint density at radius 2 is 2.44 bits per heavy atom. The molecule has 0 atom stereocenters. The van der Waals surface area contributed by atoms with Gasteiger partial charge in [0, 0.05) is 28.7 Å². The molecule has 0 unspecified atom stereocenters. The first-order chi connectivity index (χ1) is 7.76. The van der Waals surface area contributed by atoms with Crippen molar-refractivity contribution in [2.75, 3.05) is 6.61 Å². The first kappa shape index (κ1) is 12.8. The van der Waals surface area contributed by atoms with Gasteiger partial charge in [0.15, 0.2) is 0 Å². The van der Waals surface area contributed by atoms with Crippen LogP contribution in [0, 0.1) is 11.8 Å². The van der Waals surface area contributed by atoms with Gasteiger partial charge in [0.1, 0.15) is 0 Å². The van der Waals surface area contributed by atoms with Crippen molar-refractivity contribution in [2.24, 2.45) is 0 Å². The van der Waals surface area contributed by atoms with E-state index in [9.17, 15) is 4.79 Å². The Hall–Kier alpha value is -1.31. The summed E-state index contributed by atoms with van der Waals surface area (Å²) >= 11 is 1.58. The maximum absolute atomic E-state index is 11.0. The van der Waals surface area contributed by atoms with Crippen LogP contribution in [0.15, 0.2) is 11.4 Å². The highest BCUT2D eigenvalue weighted by Gasteiger charge is 2.00. The molecule has 0 aliphatic rings. The summed E-state index contributed by atoms with van der Waals surface area (Å²) < 4.78 is 0. The fourth-order valence-electron chi connectivity index (χ4n) is 1.07. The van der Waals surface area contributed by atoms with Crippen LogP contribution in [-0.2, 0) is 11.3 Å². The zero-order valence-corrected chi connectivity index (χ0v) is 10.1. The number of aliphatic hydroxyl groups excluding tert-OH is 1. The molecule has 0 bridgehead atoms. The molecule has 0 saturated heterocycles. The van der Waals surface area contributed by atoms with Gasteiger partial charge in [0.25, 0.3) is 0 Å². The van der Waals surface area contributed by atoms with Crippen molar-refractivity contribution in [2.45, 2.75) is 26.3 Å². The molecule has 0 fully saturated rings. The topological polar surface area (TPSA) is 49.3 Å². The van der Waals surface area contributed by atoms with Gasteiger partial charge in [-0.15, -0.1) is 11.3 Å². The maximum atomic E-state index is 11.0. The number of thiophene rings is 1. The van der Waals surface area contributed by atoms with Crippen LogP contribution in [0.5, 0.6) is 0 Å². The lowest BCUT2D eigenvalue weighted by Crippen LogP contribution is -2.20. The number of carbonyl (C=O) groups excluding carboxylic acids is 1. The summed E-state index contributed by atoms with van der Waals surface area (Å²) in [4.78, 5) is 12.1. The van der Waals surface area contributed by atoms with Crippen molar-refractivity contribution in [1.82, 2.24) is 5.32 Å². The van der Waals surface area contributed by atoms with Crippen molar-refractivity contribution in [3.8, 4) is 11.8 Å². The molecule has 2 N–H and O–H groups in total. The van der Waals surface area contributed by atoms with Gasteiger partial charge in [-0.1, -0.05) is 18.8 Å². The van der Waals surface area contributed by atoms with Gasteiger partial charge in [0.2, 0.25) is 5.91 Å². The molecule has 4 heteroatoms. The van der Waals surface area contributed by atoms with Crippen LogP contribution < -0.4 is 5.32 Å². The third-order valence-corrected chi connectivity index (χ3v) is 2.84. The number of hydrogen-bond donors (Lipinski definition) is 2. The molecular weight excluding hydrogens is 222 g/mol. The SMILES string of the molecule is CCC(=O)NCc1cc(C#CCCO)cs1. The van der Waals surface area contributed by atoms with Crippen LogP contribution in [0.3, 0.4) is 0 Å². The van der Waals surface area contributed by atoms with Crippen molar-refractivity contribution in [3.05, 3.63) is 21.9 Å². The summed E-state index contributed by atoms with van der Waals surface area (Å²) in [6.45, 7) is 2.49. The summed E-state index contributed by atoms with van der Waals surface area (Å²) in [5.74, 6) is 5.87.